The molecule has 2 heterocycles. The molecular weight excluding hydrogens is 470 g/mol. The lowest BCUT2D eigenvalue weighted by molar-refractivity contribution is -0.167. The maximum Gasteiger partial charge on any atom is 0.358 e. The molecule has 1 N–H and O–H groups in total. The van der Waals surface area contributed by atoms with Gasteiger partial charge in [-0.05, 0) is 5.57 Å². The van der Waals surface area contributed by atoms with E-state index in [0.717, 1.165) is 7.11 Å². The summed E-state index contributed by atoms with van der Waals surface area (Å²) >= 11 is 6.76. The second-order valence-electron chi connectivity index (χ2n) is 6.34. The molecule has 32 heavy (non-hydrogen) atoms. The molecule has 1 fully saturated rings. The zero-order chi connectivity index (χ0) is 23.8. The number of ether oxygens (including phenoxy) is 3. The van der Waals surface area contributed by atoms with Gasteiger partial charge >= 0.3 is 11.9 Å². The first kappa shape index (κ1) is 25.6. The summed E-state index contributed by atoms with van der Waals surface area (Å²) in [6.07, 6.45) is 0.112. The van der Waals surface area contributed by atoms with Gasteiger partial charge in [-0.3, -0.25) is 24.1 Å². The Morgan fingerprint density at radius 3 is 2.56 bits per heavy atom. The van der Waals surface area contributed by atoms with Crippen LogP contribution in [0.3, 0.4) is 0 Å². The first-order valence-electron chi connectivity index (χ1n) is 9.30. The molecule has 0 bridgehead atoms. The monoisotopic (exact) mass is 491 g/mol. The lowest BCUT2D eigenvalue weighted by Crippen LogP contribution is -2.71. The molecule has 2 atom stereocenters. The smallest absolute Gasteiger partial charge is 0.358 e. The minimum absolute atomic E-state index is 0.0405. The summed E-state index contributed by atoms with van der Waals surface area (Å²) in [7, 11) is 2.58. The number of hydrogen-bond acceptors (Lipinski definition) is 11. The number of alkyl halides is 1. The van der Waals surface area contributed by atoms with Crippen molar-refractivity contribution in [3.05, 3.63) is 11.3 Å². The van der Waals surface area contributed by atoms with Gasteiger partial charge in [-0.1, -0.05) is 12.1 Å². The summed E-state index contributed by atoms with van der Waals surface area (Å²) in [5.74, 6) is -3.92. The van der Waals surface area contributed by atoms with Gasteiger partial charge in [0.15, 0.2) is 0 Å². The highest BCUT2D eigenvalue weighted by Gasteiger charge is 2.54. The molecule has 12 nitrogen and oxygen atoms in total. The van der Waals surface area contributed by atoms with E-state index < -0.39 is 59.3 Å². The van der Waals surface area contributed by atoms with Crippen LogP contribution in [0.2, 0.25) is 0 Å². The quantitative estimate of drug-likeness (QED) is 0.0765. The fraction of sp³-hybridized carbons (Fsp3) is 0.556. The van der Waals surface area contributed by atoms with E-state index in [-0.39, 0.29) is 18.7 Å². The van der Waals surface area contributed by atoms with Crippen molar-refractivity contribution in [1.82, 2.24) is 10.2 Å². The Morgan fingerprint density at radius 2 is 1.97 bits per heavy atom. The number of Topliss-reactive ketones (excluding diaryl/α,β-unsaturated/α-hetero) is 1. The van der Waals surface area contributed by atoms with E-state index >= 15 is 0 Å². The molecule has 0 spiro atoms. The molecule has 0 aromatic rings. The third-order valence-electron chi connectivity index (χ3n) is 4.33. The maximum absolute atomic E-state index is 12.8. The SMILES string of the molecule is CCC(=O)OCOC(=O)C1=C(COC)CS[C@H]2C(NC(=O)C(=NOC)C(=O)CCl)C(=O)N12. The van der Waals surface area contributed by atoms with Gasteiger partial charge in [0, 0.05) is 19.3 Å². The van der Waals surface area contributed by atoms with Crippen molar-refractivity contribution in [1.29, 1.82) is 0 Å². The van der Waals surface area contributed by atoms with Crippen LogP contribution < -0.4 is 5.32 Å². The number of amides is 2. The number of rotatable bonds is 11. The van der Waals surface area contributed by atoms with E-state index in [0.29, 0.717) is 11.3 Å². The van der Waals surface area contributed by atoms with Gasteiger partial charge in [-0.25, -0.2) is 4.79 Å². The van der Waals surface area contributed by atoms with Crippen molar-refractivity contribution in [3.8, 4) is 0 Å². The number of hydrogen-bond donors (Lipinski definition) is 1. The van der Waals surface area contributed by atoms with Crippen LogP contribution >= 0.6 is 23.4 Å². The van der Waals surface area contributed by atoms with E-state index in [1.165, 1.54) is 23.8 Å². The number of thioether (sulfide) groups is 1. The Hall–Kier alpha value is -2.64. The Balaban J connectivity index is 2.16. The van der Waals surface area contributed by atoms with E-state index in [1.807, 2.05) is 0 Å². The highest BCUT2D eigenvalue weighted by molar-refractivity contribution is 8.00. The average molecular weight is 492 g/mol. The number of halogens is 1. The first-order chi connectivity index (χ1) is 15.3. The minimum Gasteiger partial charge on any atom is -0.428 e. The third kappa shape index (κ3) is 5.58. The van der Waals surface area contributed by atoms with Crippen molar-refractivity contribution in [2.75, 3.05) is 39.3 Å². The van der Waals surface area contributed by atoms with Gasteiger partial charge < -0.3 is 24.4 Å². The number of carbonyl (C=O) groups is 5. The Kier molecular flexibility index (Phi) is 9.47. The number of methoxy groups -OCH3 is 1. The van der Waals surface area contributed by atoms with E-state index in [9.17, 15) is 24.0 Å². The molecule has 176 valence electrons. The molecule has 0 aromatic carbocycles. The van der Waals surface area contributed by atoms with Gasteiger partial charge in [0.1, 0.15) is 24.2 Å². The molecule has 2 aliphatic heterocycles. The van der Waals surface area contributed by atoms with Crippen LogP contribution in [0.15, 0.2) is 16.4 Å². The van der Waals surface area contributed by atoms with Crippen LogP contribution in [-0.4, -0.2) is 90.8 Å². The Bertz CT molecular complexity index is 861. The first-order valence-corrected chi connectivity index (χ1v) is 10.9. The van der Waals surface area contributed by atoms with Crippen molar-refractivity contribution in [3.63, 3.8) is 0 Å². The van der Waals surface area contributed by atoms with Gasteiger partial charge in [0.2, 0.25) is 18.3 Å². The van der Waals surface area contributed by atoms with Gasteiger partial charge in [0.25, 0.3) is 11.8 Å². The molecule has 2 amide bonds. The lowest BCUT2D eigenvalue weighted by Gasteiger charge is -2.49. The van der Waals surface area contributed by atoms with E-state index in [1.54, 1.807) is 6.92 Å². The highest BCUT2D eigenvalue weighted by Crippen LogP contribution is 2.40. The van der Waals surface area contributed by atoms with E-state index in [2.05, 4.69) is 15.3 Å². The molecule has 1 unspecified atom stereocenters. The highest BCUT2D eigenvalue weighted by atomic mass is 35.5. The predicted octanol–water partition coefficient (Wildman–Crippen LogP) is -0.449. The normalized spacial score (nSPS) is 20.2. The summed E-state index contributed by atoms with van der Waals surface area (Å²) < 4.78 is 14.8. The topological polar surface area (TPSA) is 150 Å². The van der Waals surface area contributed by atoms with Gasteiger partial charge in [-0.2, -0.15) is 0 Å². The number of β-lactam (4-membered cyclic amide) rings is 1. The summed E-state index contributed by atoms with van der Waals surface area (Å²) in [6.45, 7) is 1.05. The number of esters is 2. The van der Waals surface area contributed by atoms with Crippen LogP contribution in [0.4, 0.5) is 0 Å². The van der Waals surface area contributed by atoms with Crippen LogP contribution in [0, 0.1) is 0 Å². The number of nitrogens with one attached hydrogen (secondary N) is 1. The zero-order valence-corrected chi connectivity index (χ0v) is 19.1. The van der Waals surface area contributed by atoms with Crippen LogP contribution in [0.25, 0.3) is 0 Å². The van der Waals surface area contributed by atoms with Crippen LogP contribution in [0.5, 0.6) is 0 Å². The molecular formula is C18H22ClN3O9S. The van der Waals surface area contributed by atoms with Crippen molar-refractivity contribution >= 4 is 58.6 Å². The zero-order valence-electron chi connectivity index (χ0n) is 17.5. The minimum atomic E-state index is -1.03. The number of carbonyl (C=O) groups excluding carboxylic acids is 5. The molecule has 1 saturated heterocycles. The largest absolute Gasteiger partial charge is 0.428 e. The summed E-state index contributed by atoms with van der Waals surface area (Å²) in [5.41, 5.74) is -0.124. The number of fused-ring (bicyclic) bond motifs is 1. The molecule has 0 aromatic heterocycles. The van der Waals surface area contributed by atoms with Crippen LogP contribution in [0.1, 0.15) is 13.3 Å². The Labute approximate surface area is 192 Å². The molecule has 0 saturated carbocycles. The second-order valence-corrected chi connectivity index (χ2v) is 7.72. The fourth-order valence-corrected chi connectivity index (χ4v) is 4.31. The van der Waals surface area contributed by atoms with Crippen molar-refractivity contribution in [2.45, 2.75) is 24.8 Å². The standard InChI is InChI=1S/C18H22ClN3O9S/c1-4-11(24)30-8-31-18(27)14-9(6-28-2)7-32-17-13(16(26)22(14)17)20-15(25)12(21-29-3)10(23)5-19/h13,17H,4-8H2,1-3H3,(H,20,25)/t13?,17-/m0/s1. The summed E-state index contributed by atoms with van der Waals surface area (Å²) in [4.78, 5) is 66.5. The molecule has 0 aliphatic carbocycles. The molecule has 14 heteroatoms. The van der Waals surface area contributed by atoms with Gasteiger partial charge in [-0.15, -0.1) is 23.4 Å². The Morgan fingerprint density at radius 1 is 1.25 bits per heavy atom. The van der Waals surface area contributed by atoms with E-state index in [4.69, 9.17) is 25.8 Å². The van der Waals surface area contributed by atoms with Crippen LogP contribution in [-0.2, 0) is 43.0 Å². The molecule has 2 aliphatic rings. The second kappa shape index (κ2) is 11.8. The van der Waals surface area contributed by atoms with Gasteiger partial charge in [0.05, 0.1) is 12.5 Å². The number of ketones is 1. The summed E-state index contributed by atoms with van der Waals surface area (Å²) in [5, 5.41) is 5.15. The third-order valence-corrected chi connectivity index (χ3v) is 5.91. The molecule has 0 radical (unpaired) electrons. The molecule has 2 rings (SSSR count). The fourth-order valence-electron chi connectivity index (χ4n) is 2.86. The number of nitrogens with zero attached hydrogens (tertiary/aromatic N) is 2. The number of oxime groups is 1. The van der Waals surface area contributed by atoms with Crippen molar-refractivity contribution < 1.29 is 43.0 Å². The summed E-state index contributed by atoms with van der Waals surface area (Å²) in [6, 6.07) is -1.03. The van der Waals surface area contributed by atoms with Crippen molar-refractivity contribution in [2.24, 2.45) is 5.16 Å². The maximum atomic E-state index is 12.8. The lowest BCUT2D eigenvalue weighted by atomic mass is 10.0. The predicted molar refractivity (Wildman–Crippen MR) is 111 cm³/mol. The average Bonchev–Trinajstić information content (AvgIpc) is 2.79.